The molecule has 0 saturated heterocycles. The zero-order chi connectivity index (χ0) is 25.9. The summed E-state index contributed by atoms with van der Waals surface area (Å²) in [5.41, 5.74) is 0.779. The average molecular weight is 514 g/mol. The minimum Gasteiger partial charge on any atom is -0.493 e. The van der Waals surface area contributed by atoms with Crippen LogP contribution < -0.4 is 9.47 Å². The lowest BCUT2D eigenvalue weighted by atomic mass is 9.91. The summed E-state index contributed by atoms with van der Waals surface area (Å²) < 4.78 is 24.8. The zero-order valence-electron chi connectivity index (χ0n) is 20.3. The Balaban J connectivity index is 1.50. The zero-order valence-corrected chi connectivity index (χ0v) is 21.0. The van der Waals surface area contributed by atoms with Gasteiger partial charge in [-0.2, -0.15) is 0 Å². The van der Waals surface area contributed by atoms with Crippen LogP contribution in [0.15, 0.2) is 48.5 Å². The Morgan fingerprint density at radius 3 is 2.61 bits per heavy atom. The maximum Gasteiger partial charge on any atom is 0.163 e. The number of Topliss-reactive ketones (excluding diaryl/α,β-unsaturated/α-hetero) is 1. The van der Waals surface area contributed by atoms with Crippen molar-refractivity contribution in [2.75, 3.05) is 13.7 Å². The number of ketones is 1. The standard InChI is InChI=1S/C28H29ClFNO5/c1-28(34,27-12-18(15-32)11-23(31-27)19-5-7-22(30)21(29)13-19)10-9-24(33)20-6-8-25(26(14-20)35-2)36-16-17-3-4-17/h5-8,11-14,17,32,34H,3-4,9-10,15-16H2,1-2H3. The van der Waals surface area contributed by atoms with Crippen molar-refractivity contribution in [2.24, 2.45) is 5.92 Å². The molecule has 190 valence electrons. The average Bonchev–Trinajstić information content (AvgIpc) is 3.72. The molecule has 1 unspecified atom stereocenters. The molecule has 36 heavy (non-hydrogen) atoms. The molecule has 0 bridgehead atoms. The number of methoxy groups -OCH3 is 1. The van der Waals surface area contributed by atoms with Gasteiger partial charge in [-0.05, 0) is 86.2 Å². The fraction of sp³-hybridized carbons (Fsp3) is 0.357. The van der Waals surface area contributed by atoms with Crippen molar-refractivity contribution < 1.29 is 28.9 Å². The van der Waals surface area contributed by atoms with Crippen molar-refractivity contribution in [3.63, 3.8) is 0 Å². The first-order valence-electron chi connectivity index (χ1n) is 11.8. The van der Waals surface area contributed by atoms with Gasteiger partial charge in [0.2, 0.25) is 0 Å². The minimum atomic E-state index is -1.46. The van der Waals surface area contributed by atoms with Crippen LogP contribution in [0.25, 0.3) is 11.3 Å². The van der Waals surface area contributed by atoms with Gasteiger partial charge in [-0.15, -0.1) is 0 Å². The number of aromatic nitrogens is 1. The van der Waals surface area contributed by atoms with Gasteiger partial charge in [0.05, 0.1) is 36.7 Å². The van der Waals surface area contributed by atoms with Crippen LogP contribution in [0.1, 0.15) is 54.2 Å². The summed E-state index contributed by atoms with van der Waals surface area (Å²) in [7, 11) is 1.53. The molecule has 1 atom stereocenters. The first kappa shape index (κ1) is 26.1. The van der Waals surface area contributed by atoms with Crippen LogP contribution in [0.4, 0.5) is 4.39 Å². The number of aliphatic hydroxyl groups excluding tert-OH is 1. The lowest BCUT2D eigenvalue weighted by molar-refractivity contribution is 0.0396. The Kier molecular flexibility index (Phi) is 7.93. The van der Waals surface area contributed by atoms with Crippen molar-refractivity contribution in [1.29, 1.82) is 0 Å². The highest BCUT2D eigenvalue weighted by atomic mass is 35.5. The predicted molar refractivity (Wildman–Crippen MR) is 135 cm³/mol. The molecule has 1 aliphatic carbocycles. The second-order valence-corrected chi connectivity index (χ2v) is 9.76. The van der Waals surface area contributed by atoms with Gasteiger partial charge in [0.25, 0.3) is 0 Å². The van der Waals surface area contributed by atoms with Crippen LogP contribution in [-0.4, -0.2) is 34.7 Å². The second kappa shape index (κ2) is 10.9. The van der Waals surface area contributed by atoms with E-state index in [1.807, 2.05) is 0 Å². The number of benzene rings is 2. The molecule has 1 heterocycles. The number of nitrogens with zero attached hydrogens (tertiary/aromatic N) is 1. The van der Waals surface area contributed by atoms with Gasteiger partial charge in [0.15, 0.2) is 17.3 Å². The molecule has 1 aromatic heterocycles. The summed E-state index contributed by atoms with van der Waals surface area (Å²) in [6, 6.07) is 12.5. The predicted octanol–water partition coefficient (Wildman–Crippen LogP) is 5.70. The maximum absolute atomic E-state index is 13.6. The van der Waals surface area contributed by atoms with Crippen LogP contribution in [-0.2, 0) is 12.2 Å². The summed E-state index contributed by atoms with van der Waals surface area (Å²) in [5, 5.41) is 20.9. The minimum absolute atomic E-state index is 0.0537. The topological polar surface area (TPSA) is 88.9 Å². The molecule has 1 fully saturated rings. The number of pyridine rings is 1. The Hall–Kier alpha value is -3.00. The van der Waals surface area contributed by atoms with Gasteiger partial charge in [0.1, 0.15) is 11.4 Å². The van der Waals surface area contributed by atoms with E-state index in [0.29, 0.717) is 52.1 Å². The highest BCUT2D eigenvalue weighted by Crippen LogP contribution is 2.34. The Bertz CT molecular complexity index is 1260. The van der Waals surface area contributed by atoms with Gasteiger partial charge < -0.3 is 19.7 Å². The van der Waals surface area contributed by atoms with Gasteiger partial charge in [-0.3, -0.25) is 4.79 Å². The van der Waals surface area contributed by atoms with Crippen molar-refractivity contribution in [2.45, 2.75) is 44.8 Å². The van der Waals surface area contributed by atoms with E-state index in [-0.39, 0.29) is 30.3 Å². The van der Waals surface area contributed by atoms with Crippen LogP contribution in [0.3, 0.4) is 0 Å². The quantitative estimate of drug-likeness (QED) is 0.320. The van der Waals surface area contributed by atoms with Crippen LogP contribution in [0, 0.1) is 11.7 Å². The van der Waals surface area contributed by atoms with E-state index >= 15 is 0 Å². The number of carbonyl (C=O) groups is 1. The summed E-state index contributed by atoms with van der Waals surface area (Å²) in [6.45, 7) is 1.93. The lowest BCUT2D eigenvalue weighted by Crippen LogP contribution is -2.24. The number of ether oxygens (including phenoxy) is 2. The molecule has 0 aliphatic heterocycles. The van der Waals surface area contributed by atoms with E-state index in [0.717, 1.165) is 0 Å². The van der Waals surface area contributed by atoms with E-state index in [4.69, 9.17) is 21.1 Å². The first-order chi connectivity index (χ1) is 17.2. The van der Waals surface area contributed by atoms with Gasteiger partial charge in [-0.1, -0.05) is 11.6 Å². The molecule has 0 amide bonds. The smallest absolute Gasteiger partial charge is 0.163 e. The monoisotopic (exact) mass is 513 g/mol. The number of aliphatic hydroxyl groups is 2. The van der Waals surface area contributed by atoms with Crippen molar-refractivity contribution in [3.05, 3.63) is 76.2 Å². The normalized spacial score (nSPS) is 14.8. The molecule has 3 aromatic rings. The Morgan fingerprint density at radius 1 is 1.17 bits per heavy atom. The third kappa shape index (κ3) is 6.22. The molecular weight excluding hydrogens is 485 g/mol. The SMILES string of the molecule is COc1cc(C(=O)CCC(C)(O)c2cc(CO)cc(-c3ccc(F)c(Cl)c3)n2)ccc1OCC1CC1. The fourth-order valence-corrected chi connectivity index (χ4v) is 4.02. The van der Waals surface area contributed by atoms with E-state index < -0.39 is 11.4 Å². The maximum atomic E-state index is 13.6. The van der Waals surface area contributed by atoms with Crippen molar-refractivity contribution >= 4 is 17.4 Å². The molecule has 1 aliphatic rings. The molecule has 1 saturated carbocycles. The van der Waals surface area contributed by atoms with Crippen LogP contribution in [0.2, 0.25) is 5.02 Å². The molecule has 6 nitrogen and oxygen atoms in total. The van der Waals surface area contributed by atoms with Crippen molar-refractivity contribution in [1.82, 2.24) is 4.98 Å². The number of hydrogen-bond donors (Lipinski definition) is 2. The molecule has 0 spiro atoms. The number of carbonyl (C=O) groups excluding carboxylic acids is 1. The fourth-order valence-electron chi connectivity index (χ4n) is 3.84. The third-order valence-electron chi connectivity index (χ3n) is 6.33. The van der Waals surface area contributed by atoms with E-state index in [1.165, 1.54) is 38.2 Å². The first-order valence-corrected chi connectivity index (χ1v) is 12.2. The van der Waals surface area contributed by atoms with E-state index in [1.54, 1.807) is 37.3 Å². The molecule has 0 radical (unpaired) electrons. The Morgan fingerprint density at radius 2 is 1.94 bits per heavy atom. The highest BCUT2D eigenvalue weighted by Gasteiger charge is 2.28. The highest BCUT2D eigenvalue weighted by molar-refractivity contribution is 6.31. The molecule has 2 N–H and O–H groups in total. The Labute approximate surface area is 214 Å². The van der Waals surface area contributed by atoms with E-state index in [9.17, 15) is 19.4 Å². The molecule has 2 aromatic carbocycles. The third-order valence-corrected chi connectivity index (χ3v) is 6.62. The number of hydrogen-bond acceptors (Lipinski definition) is 6. The summed E-state index contributed by atoms with van der Waals surface area (Å²) in [5.74, 6) is 0.978. The summed E-state index contributed by atoms with van der Waals surface area (Å²) in [4.78, 5) is 17.5. The largest absolute Gasteiger partial charge is 0.493 e. The van der Waals surface area contributed by atoms with Gasteiger partial charge >= 0.3 is 0 Å². The molecule has 4 rings (SSSR count). The van der Waals surface area contributed by atoms with Crippen LogP contribution in [0.5, 0.6) is 11.5 Å². The number of halogens is 2. The molecular formula is C28H29ClFNO5. The number of rotatable bonds is 11. The van der Waals surface area contributed by atoms with Crippen LogP contribution >= 0.6 is 11.6 Å². The van der Waals surface area contributed by atoms with Gasteiger partial charge in [0, 0.05) is 17.5 Å². The summed E-state index contributed by atoms with van der Waals surface area (Å²) in [6.07, 6.45) is 2.50. The molecule has 8 heteroatoms. The van der Waals surface area contributed by atoms with Gasteiger partial charge in [-0.25, -0.2) is 9.37 Å². The van der Waals surface area contributed by atoms with Crippen molar-refractivity contribution in [3.8, 4) is 22.8 Å². The lowest BCUT2D eigenvalue weighted by Gasteiger charge is -2.24. The second-order valence-electron chi connectivity index (χ2n) is 9.35. The summed E-state index contributed by atoms with van der Waals surface area (Å²) >= 11 is 5.92. The van der Waals surface area contributed by atoms with E-state index in [2.05, 4.69) is 4.98 Å².